The van der Waals surface area contributed by atoms with Gasteiger partial charge in [-0.25, -0.2) is 4.68 Å². The average molecular weight is 278 g/mol. The van der Waals surface area contributed by atoms with Crippen LogP contribution in [0.2, 0.25) is 0 Å². The van der Waals surface area contributed by atoms with Crippen molar-refractivity contribution in [3.05, 3.63) is 35.5 Å². The number of hydrogen-bond donors (Lipinski definition) is 1. The summed E-state index contributed by atoms with van der Waals surface area (Å²) in [4.78, 5) is 13.6. The molecule has 0 radical (unpaired) electrons. The second kappa shape index (κ2) is 6.33. The smallest absolute Gasteiger partial charge is 0.244 e. The first kappa shape index (κ1) is 14.3. The first-order chi connectivity index (χ1) is 9.58. The van der Waals surface area contributed by atoms with Crippen LogP contribution < -0.4 is 0 Å². The Bertz CT molecular complexity index is 576. The maximum Gasteiger partial charge on any atom is 0.244 e. The van der Waals surface area contributed by atoms with E-state index < -0.39 is 0 Å². The molecule has 0 atom stereocenters. The highest BCUT2D eigenvalue weighted by Gasteiger charge is 2.13. The van der Waals surface area contributed by atoms with Gasteiger partial charge in [0.2, 0.25) is 5.91 Å². The lowest BCUT2D eigenvalue weighted by molar-refractivity contribution is -0.131. The van der Waals surface area contributed by atoms with Gasteiger partial charge in [-0.3, -0.25) is 4.79 Å². The molecule has 108 valence electrons. The molecule has 0 aliphatic heterocycles. The van der Waals surface area contributed by atoms with E-state index in [1.165, 1.54) is 4.68 Å². The van der Waals surface area contributed by atoms with E-state index in [4.69, 9.17) is 9.52 Å². The molecular weight excluding hydrogens is 260 g/mol. The number of rotatable bonds is 6. The largest absolute Gasteiger partial charge is 0.464 e. The zero-order valence-electron chi connectivity index (χ0n) is 11.6. The molecule has 0 aliphatic rings. The van der Waals surface area contributed by atoms with Gasteiger partial charge in [-0.2, -0.15) is 0 Å². The summed E-state index contributed by atoms with van der Waals surface area (Å²) in [6.07, 6.45) is 2.11. The molecule has 2 rings (SSSR count). The van der Waals surface area contributed by atoms with Crippen LogP contribution >= 0.6 is 0 Å². The molecule has 0 fully saturated rings. The Morgan fingerprint density at radius 3 is 2.95 bits per heavy atom. The van der Waals surface area contributed by atoms with E-state index in [1.54, 1.807) is 18.1 Å². The van der Waals surface area contributed by atoms with Crippen LogP contribution in [0.5, 0.6) is 0 Å². The molecule has 0 saturated heterocycles. The first-order valence-corrected chi connectivity index (χ1v) is 6.37. The zero-order chi connectivity index (χ0) is 14.5. The summed E-state index contributed by atoms with van der Waals surface area (Å²) in [5.74, 6) is 1.49. The third-order valence-electron chi connectivity index (χ3n) is 2.87. The Kier molecular flexibility index (Phi) is 4.52. The monoisotopic (exact) mass is 278 g/mol. The predicted octanol–water partition coefficient (Wildman–Crippen LogP) is 0.373. The van der Waals surface area contributed by atoms with Crippen LogP contribution in [-0.2, 0) is 24.3 Å². The van der Waals surface area contributed by atoms with Crippen molar-refractivity contribution in [2.75, 3.05) is 13.7 Å². The quantitative estimate of drug-likeness (QED) is 0.825. The number of aromatic nitrogens is 3. The van der Waals surface area contributed by atoms with Gasteiger partial charge in [0.1, 0.15) is 18.1 Å². The number of carbonyl (C=O) groups excluding carboxylic acids is 1. The summed E-state index contributed by atoms with van der Waals surface area (Å²) < 4.78 is 6.90. The van der Waals surface area contributed by atoms with Crippen molar-refractivity contribution in [1.29, 1.82) is 0 Å². The molecule has 0 bridgehead atoms. The highest BCUT2D eigenvalue weighted by atomic mass is 16.3. The van der Waals surface area contributed by atoms with Crippen LogP contribution in [0.3, 0.4) is 0 Å². The number of amides is 1. The number of carbonyl (C=O) groups is 1. The summed E-state index contributed by atoms with van der Waals surface area (Å²) in [5.41, 5.74) is 0.671. The molecule has 7 heteroatoms. The van der Waals surface area contributed by atoms with Gasteiger partial charge in [0, 0.05) is 26.3 Å². The van der Waals surface area contributed by atoms with Crippen LogP contribution in [0.25, 0.3) is 0 Å². The van der Waals surface area contributed by atoms with Crippen molar-refractivity contribution in [3.63, 3.8) is 0 Å². The summed E-state index contributed by atoms with van der Waals surface area (Å²) >= 11 is 0. The van der Waals surface area contributed by atoms with Gasteiger partial charge >= 0.3 is 0 Å². The number of furan rings is 1. The Morgan fingerprint density at radius 1 is 1.50 bits per heavy atom. The molecule has 0 unspecified atom stereocenters. The van der Waals surface area contributed by atoms with E-state index in [-0.39, 0.29) is 19.1 Å². The zero-order valence-corrected chi connectivity index (χ0v) is 11.6. The molecule has 0 spiro atoms. The molecule has 2 aromatic rings. The second-order valence-corrected chi connectivity index (χ2v) is 4.64. The highest BCUT2D eigenvalue weighted by Crippen LogP contribution is 2.09. The Hall–Kier alpha value is -2.15. The Labute approximate surface area is 116 Å². The Morgan fingerprint density at radius 2 is 2.30 bits per heavy atom. The SMILES string of the molecule is Cc1ccc(CN(C)C(=O)Cn2cc(CCO)nn2)o1. The standard InChI is InChI=1S/C13H18N4O3/c1-10-3-4-12(20-10)8-16(2)13(19)9-17-7-11(5-6-18)14-15-17/h3-4,7,18H,5-6,8-9H2,1-2H3. The van der Waals surface area contributed by atoms with Gasteiger partial charge < -0.3 is 14.4 Å². The van der Waals surface area contributed by atoms with Crippen LogP contribution in [0, 0.1) is 6.92 Å². The molecule has 0 aromatic carbocycles. The average Bonchev–Trinajstić information content (AvgIpc) is 2.99. The van der Waals surface area contributed by atoms with Gasteiger partial charge in [0.05, 0.1) is 12.2 Å². The maximum absolute atomic E-state index is 12.0. The fourth-order valence-electron chi connectivity index (χ4n) is 1.80. The van der Waals surface area contributed by atoms with E-state index in [1.807, 2.05) is 19.1 Å². The number of likely N-dealkylation sites (N-methyl/N-ethyl adjacent to an activating group) is 1. The molecule has 1 N–H and O–H groups in total. The van der Waals surface area contributed by atoms with E-state index in [2.05, 4.69) is 10.3 Å². The van der Waals surface area contributed by atoms with E-state index in [0.29, 0.717) is 18.7 Å². The summed E-state index contributed by atoms with van der Waals surface area (Å²) in [7, 11) is 1.71. The van der Waals surface area contributed by atoms with Crippen LogP contribution in [0.4, 0.5) is 0 Å². The maximum atomic E-state index is 12.0. The highest BCUT2D eigenvalue weighted by molar-refractivity contribution is 5.75. The van der Waals surface area contributed by atoms with E-state index >= 15 is 0 Å². The number of aliphatic hydroxyl groups is 1. The van der Waals surface area contributed by atoms with Gasteiger partial charge in [0.15, 0.2) is 0 Å². The molecule has 20 heavy (non-hydrogen) atoms. The van der Waals surface area contributed by atoms with Crippen molar-refractivity contribution >= 4 is 5.91 Å². The van der Waals surface area contributed by atoms with Gasteiger partial charge in [-0.05, 0) is 19.1 Å². The molecular formula is C13H18N4O3. The lowest BCUT2D eigenvalue weighted by Gasteiger charge is -2.15. The third-order valence-corrected chi connectivity index (χ3v) is 2.87. The van der Waals surface area contributed by atoms with Crippen LogP contribution in [-0.4, -0.2) is 44.6 Å². The molecule has 0 aliphatic carbocycles. The minimum Gasteiger partial charge on any atom is -0.464 e. The number of nitrogens with zero attached hydrogens (tertiary/aromatic N) is 4. The molecule has 0 saturated carbocycles. The van der Waals surface area contributed by atoms with Crippen molar-refractivity contribution in [2.45, 2.75) is 26.4 Å². The molecule has 7 nitrogen and oxygen atoms in total. The number of aliphatic hydroxyl groups excluding tert-OH is 1. The number of hydrogen-bond acceptors (Lipinski definition) is 5. The van der Waals surface area contributed by atoms with Crippen LogP contribution in [0.15, 0.2) is 22.7 Å². The lowest BCUT2D eigenvalue weighted by Crippen LogP contribution is -2.29. The first-order valence-electron chi connectivity index (χ1n) is 6.37. The fraction of sp³-hybridized carbons (Fsp3) is 0.462. The van der Waals surface area contributed by atoms with E-state index in [0.717, 1.165) is 11.5 Å². The number of aryl methyl sites for hydroxylation is 1. The fourth-order valence-corrected chi connectivity index (χ4v) is 1.80. The van der Waals surface area contributed by atoms with Crippen molar-refractivity contribution < 1.29 is 14.3 Å². The molecule has 1 amide bonds. The lowest BCUT2D eigenvalue weighted by atomic mass is 10.3. The van der Waals surface area contributed by atoms with Gasteiger partial charge in [-0.15, -0.1) is 5.10 Å². The molecule has 2 aromatic heterocycles. The van der Waals surface area contributed by atoms with Crippen molar-refractivity contribution in [1.82, 2.24) is 19.9 Å². The summed E-state index contributed by atoms with van der Waals surface area (Å²) in [6, 6.07) is 3.72. The minimum atomic E-state index is -0.0838. The second-order valence-electron chi connectivity index (χ2n) is 4.64. The Balaban J connectivity index is 1.89. The molecule has 2 heterocycles. The minimum absolute atomic E-state index is 0.0182. The van der Waals surface area contributed by atoms with Gasteiger partial charge in [-0.1, -0.05) is 5.21 Å². The van der Waals surface area contributed by atoms with Crippen molar-refractivity contribution in [2.24, 2.45) is 0 Å². The topological polar surface area (TPSA) is 84.4 Å². The van der Waals surface area contributed by atoms with Gasteiger partial charge in [0.25, 0.3) is 0 Å². The normalized spacial score (nSPS) is 10.8. The van der Waals surface area contributed by atoms with Crippen molar-refractivity contribution in [3.8, 4) is 0 Å². The third kappa shape index (κ3) is 3.67. The van der Waals surface area contributed by atoms with E-state index in [9.17, 15) is 4.79 Å². The summed E-state index contributed by atoms with van der Waals surface area (Å²) in [5, 5.41) is 16.5. The predicted molar refractivity (Wildman–Crippen MR) is 70.7 cm³/mol. The van der Waals surface area contributed by atoms with Crippen LogP contribution in [0.1, 0.15) is 17.2 Å². The summed E-state index contributed by atoms with van der Waals surface area (Å²) in [6.45, 7) is 2.42.